The van der Waals surface area contributed by atoms with E-state index in [2.05, 4.69) is 107 Å². The Morgan fingerprint density at radius 1 is 0.287 bits per heavy atom. The molecule has 0 aromatic heterocycles. The fraction of sp³-hybridized carbons (Fsp3) is 0.368. The predicted molar refractivity (Wildman–Crippen MR) is 393 cm³/mol. The molecule has 2 aliphatic heterocycles. The number of amides is 1. The van der Waals surface area contributed by atoms with Crippen LogP contribution in [-0.4, -0.2) is 111 Å². The molecule has 9 aromatic rings. The minimum Gasteiger partial charge on any atom is -0.445 e. The zero-order valence-electron chi connectivity index (χ0n) is 58.2. The van der Waals surface area contributed by atoms with Gasteiger partial charge in [-0.15, -0.1) is 0 Å². The van der Waals surface area contributed by atoms with Crippen LogP contribution in [0.25, 0.3) is 0 Å². The molecule has 0 bridgehead atoms. The summed E-state index contributed by atoms with van der Waals surface area (Å²) in [6, 6.07) is 92.0. The highest BCUT2D eigenvalue weighted by Crippen LogP contribution is 2.36. The highest BCUT2D eigenvalue weighted by atomic mass is 16.6. The predicted octanol–water partition coefficient (Wildman–Crippen LogP) is 16.4. The molecule has 2 aliphatic rings. The summed E-state index contributed by atoms with van der Waals surface area (Å²) in [7, 11) is 0. The Balaban J connectivity index is 0.851. The SMILES string of the molecule is O=C(NCCCCCN(CCC[C@H]1O[C@H](COCc2ccccc2)[C@@H](OCc2ccccc2)[C@H](OCc2ccccc2)[C@@H]1OCc1ccccc1)CCC[C@H]1O[C@H](COCc2ccccc2)[C@@H](OCc2ccccc2)[C@H](OCc2ccccc2)[C@@H]1OCc1ccccc1)OCc1ccccc1. The monoisotopic (exact) mass is 1360 g/mol. The molecule has 14 heteroatoms. The van der Waals surface area contributed by atoms with Gasteiger partial charge in [-0.05, 0) is 108 Å². The van der Waals surface area contributed by atoms with Crippen molar-refractivity contribution in [2.24, 2.45) is 0 Å². The van der Waals surface area contributed by atoms with Crippen LogP contribution in [0.4, 0.5) is 4.79 Å². The zero-order chi connectivity index (χ0) is 69.0. The number of alkyl carbamates (subject to hydrolysis) is 1. The molecule has 11 rings (SSSR count). The second kappa shape index (κ2) is 42.3. The fourth-order valence-electron chi connectivity index (χ4n) is 13.2. The number of hydrogen-bond acceptors (Lipinski definition) is 13. The Bertz CT molecular complexity index is 3430. The molecule has 10 atom stereocenters. The van der Waals surface area contributed by atoms with Crippen LogP contribution < -0.4 is 5.32 Å². The summed E-state index contributed by atoms with van der Waals surface area (Å²) >= 11 is 0. The number of hydrogen-bond donors (Lipinski definition) is 1. The van der Waals surface area contributed by atoms with Crippen LogP contribution in [-0.2, 0) is 112 Å². The molecule has 2 saturated heterocycles. The number of unbranched alkanes of at least 4 members (excludes halogenated alkanes) is 2. The van der Waals surface area contributed by atoms with Crippen molar-refractivity contribution in [3.05, 3.63) is 323 Å². The summed E-state index contributed by atoms with van der Waals surface area (Å²) in [6.07, 6.45) is 0.209. The second-order valence-electron chi connectivity index (χ2n) is 26.2. The van der Waals surface area contributed by atoms with E-state index in [4.69, 9.17) is 52.1 Å². The van der Waals surface area contributed by atoms with Gasteiger partial charge in [0.25, 0.3) is 0 Å². The Hall–Kier alpha value is -8.19. The van der Waals surface area contributed by atoms with Crippen LogP contribution in [0.5, 0.6) is 0 Å². The van der Waals surface area contributed by atoms with E-state index in [1.165, 1.54) is 0 Å². The highest BCUT2D eigenvalue weighted by Gasteiger charge is 2.50. The molecule has 0 spiro atoms. The quantitative estimate of drug-likeness (QED) is 0.0364. The average molecular weight is 1370 g/mol. The van der Waals surface area contributed by atoms with Crippen LogP contribution in [0.3, 0.4) is 0 Å². The van der Waals surface area contributed by atoms with Gasteiger partial charge in [0.15, 0.2) is 0 Å². The number of nitrogens with zero attached hydrogens (tertiary/aromatic N) is 1. The first-order valence-corrected chi connectivity index (χ1v) is 36.2. The van der Waals surface area contributed by atoms with Crippen LogP contribution >= 0.6 is 0 Å². The Kier molecular flexibility index (Phi) is 31.0. The third-order valence-electron chi connectivity index (χ3n) is 18.5. The van der Waals surface area contributed by atoms with E-state index in [9.17, 15) is 4.79 Å². The third-order valence-corrected chi connectivity index (χ3v) is 18.5. The number of nitrogens with one attached hydrogen (secondary N) is 1. The maximum Gasteiger partial charge on any atom is 0.407 e. The van der Waals surface area contributed by atoms with E-state index < -0.39 is 54.9 Å². The van der Waals surface area contributed by atoms with Crippen molar-refractivity contribution < 1.29 is 56.9 Å². The van der Waals surface area contributed by atoms with Gasteiger partial charge in [0.1, 0.15) is 55.4 Å². The van der Waals surface area contributed by atoms with Crippen molar-refractivity contribution in [3.8, 4) is 0 Å². The smallest absolute Gasteiger partial charge is 0.407 e. The van der Waals surface area contributed by atoms with Crippen molar-refractivity contribution in [3.63, 3.8) is 0 Å². The maximum atomic E-state index is 12.8. The number of benzene rings is 9. The van der Waals surface area contributed by atoms with E-state index in [-0.39, 0.29) is 32.0 Å². The maximum absolute atomic E-state index is 12.8. The molecule has 14 nitrogen and oxygen atoms in total. The Morgan fingerprint density at radius 3 is 0.851 bits per heavy atom. The summed E-state index contributed by atoms with van der Waals surface area (Å²) in [5.74, 6) is 0. The van der Waals surface area contributed by atoms with E-state index in [1.54, 1.807) is 0 Å². The van der Waals surface area contributed by atoms with Gasteiger partial charge in [0.05, 0.1) is 78.3 Å². The zero-order valence-corrected chi connectivity index (χ0v) is 58.2. The topological polar surface area (TPSA) is 134 Å². The second-order valence-corrected chi connectivity index (χ2v) is 26.2. The molecular formula is C87H100N2O12. The van der Waals surface area contributed by atoms with Crippen molar-refractivity contribution in [2.75, 3.05) is 39.4 Å². The normalized spacial score (nSPS) is 20.5. The van der Waals surface area contributed by atoms with Gasteiger partial charge < -0.3 is 62.3 Å². The lowest BCUT2D eigenvalue weighted by Crippen LogP contribution is -2.61. The number of carbonyl (C=O) groups is 1. The van der Waals surface area contributed by atoms with E-state index >= 15 is 0 Å². The van der Waals surface area contributed by atoms with Crippen molar-refractivity contribution >= 4 is 6.09 Å². The lowest BCUT2D eigenvalue weighted by atomic mass is 9.91. The summed E-state index contributed by atoms with van der Waals surface area (Å²) in [4.78, 5) is 15.4. The van der Waals surface area contributed by atoms with Gasteiger partial charge >= 0.3 is 6.09 Å². The number of rotatable bonds is 42. The molecule has 0 saturated carbocycles. The van der Waals surface area contributed by atoms with Crippen LogP contribution in [0, 0.1) is 0 Å². The Labute approximate surface area is 598 Å². The standard InChI is InChI=1S/C87H100N2O12/c90-87(99-65-76-49-27-9-28-50-76)88-53-29-10-30-54-89(55-31-51-77-81(93-59-70-37-15-3-16-38-70)85(97-63-74-45-23-7-24-46-74)83(95-61-72-41-19-5-20-42-72)79(100-77)66-91-57-68-33-11-1-12-34-68)56-32-52-78-82(94-60-71-39-17-4-18-40-71)86(98-64-75-47-25-8-26-48-75)84(96-62-73-43-21-6-22-44-73)80(101-78)67-92-58-69-35-13-2-14-36-69/h1-9,11-28,33-50,77-86H,10,29-32,51-67H2,(H,88,90)/t77-,78-,79-,80-,81-,82-,83-,84-,85-,86-/m1/s1. The molecule has 1 N–H and O–H groups in total. The molecule has 9 aromatic carbocycles. The first-order valence-electron chi connectivity index (χ1n) is 36.2. The number of ether oxygens (including phenoxy) is 11. The third kappa shape index (κ3) is 25.1. The number of carbonyl (C=O) groups excluding carboxylic acids is 1. The lowest BCUT2D eigenvalue weighted by Gasteiger charge is -2.46. The van der Waals surface area contributed by atoms with E-state index in [1.807, 2.05) is 176 Å². The fourth-order valence-corrected chi connectivity index (χ4v) is 13.2. The molecular weight excluding hydrogens is 1260 g/mol. The Morgan fingerprint density at radius 2 is 0.545 bits per heavy atom. The first-order chi connectivity index (χ1) is 50.0. The largest absolute Gasteiger partial charge is 0.445 e. The minimum atomic E-state index is -0.546. The van der Waals surface area contributed by atoms with Gasteiger partial charge in [-0.3, -0.25) is 0 Å². The van der Waals surface area contributed by atoms with Crippen LogP contribution in [0.15, 0.2) is 273 Å². The highest BCUT2D eigenvalue weighted by molar-refractivity contribution is 5.67. The van der Waals surface area contributed by atoms with Gasteiger partial charge in [0, 0.05) is 6.54 Å². The van der Waals surface area contributed by atoms with Crippen molar-refractivity contribution in [2.45, 2.75) is 165 Å². The lowest BCUT2D eigenvalue weighted by molar-refractivity contribution is -0.274. The summed E-state index contributed by atoms with van der Waals surface area (Å²) in [6.45, 7) is 6.67. The van der Waals surface area contributed by atoms with Gasteiger partial charge in [-0.1, -0.05) is 279 Å². The van der Waals surface area contributed by atoms with Crippen LogP contribution in [0.2, 0.25) is 0 Å². The van der Waals surface area contributed by atoms with Crippen LogP contribution in [0.1, 0.15) is 95.0 Å². The van der Waals surface area contributed by atoms with Gasteiger partial charge in [-0.25, -0.2) is 4.79 Å². The van der Waals surface area contributed by atoms with Gasteiger partial charge in [0.2, 0.25) is 0 Å². The van der Waals surface area contributed by atoms with Gasteiger partial charge in [-0.2, -0.15) is 0 Å². The summed E-state index contributed by atoms with van der Waals surface area (Å²) in [5, 5.41) is 2.98. The molecule has 0 aliphatic carbocycles. The average Bonchev–Trinajstić information content (AvgIpc) is 0.823. The molecule has 0 unspecified atom stereocenters. The summed E-state index contributed by atoms with van der Waals surface area (Å²) in [5.41, 5.74) is 9.40. The van der Waals surface area contributed by atoms with Crippen molar-refractivity contribution in [1.29, 1.82) is 0 Å². The molecule has 2 fully saturated rings. The first kappa shape index (κ1) is 74.0. The van der Waals surface area contributed by atoms with E-state index in [0.717, 1.165) is 102 Å². The molecule has 1 amide bonds. The van der Waals surface area contributed by atoms with Crippen molar-refractivity contribution in [1.82, 2.24) is 10.2 Å². The summed E-state index contributed by atoms with van der Waals surface area (Å²) < 4.78 is 76.3. The molecule has 0 radical (unpaired) electrons. The molecule has 530 valence electrons. The molecule has 2 heterocycles. The molecule has 101 heavy (non-hydrogen) atoms. The minimum absolute atomic E-state index is 0.221. The van der Waals surface area contributed by atoms with E-state index in [0.29, 0.717) is 72.2 Å².